The van der Waals surface area contributed by atoms with E-state index in [0.717, 1.165) is 64.3 Å². The van der Waals surface area contributed by atoms with Crippen molar-refractivity contribution in [3.05, 3.63) is 143 Å². The zero-order valence-corrected chi connectivity index (χ0v) is 28.3. The van der Waals surface area contributed by atoms with Crippen LogP contribution < -0.4 is 0 Å². The van der Waals surface area contributed by atoms with Gasteiger partial charge in [0.2, 0.25) is 0 Å². The lowest BCUT2D eigenvalue weighted by atomic mass is 9.98. The van der Waals surface area contributed by atoms with Gasteiger partial charge < -0.3 is 4.42 Å². The Morgan fingerprint density at radius 3 is 2.15 bits per heavy atom. The quantitative estimate of drug-likeness (QED) is 0.165. The molecule has 0 bridgehead atoms. The summed E-state index contributed by atoms with van der Waals surface area (Å²) in [5.41, 5.74) is 7.35. The van der Waals surface area contributed by atoms with Crippen LogP contribution in [0.5, 0.6) is 0 Å². The molecule has 0 aliphatic heterocycles. The normalized spacial score (nSPS) is 12.3. The number of rotatable bonds is 2. The molecule has 11 aromatic rings. The van der Waals surface area contributed by atoms with Gasteiger partial charge in [-0.15, -0.1) is 11.3 Å². The van der Waals surface area contributed by atoms with Crippen LogP contribution in [0.2, 0.25) is 0 Å². The Labute approximate surface area is 291 Å². The molecule has 0 radical (unpaired) electrons. The van der Waals surface area contributed by atoms with E-state index in [9.17, 15) is 0 Å². The maximum atomic E-state index is 6.89. The van der Waals surface area contributed by atoms with Gasteiger partial charge in [0.25, 0.3) is 0 Å². The molecule has 4 aromatic heterocycles. The minimum Gasteiger partial charge on any atom is -0.455 e. The van der Waals surface area contributed by atoms with Crippen molar-refractivity contribution in [2.45, 2.75) is 0 Å². The third kappa shape index (κ3) is 3.55. The monoisotopic (exact) mass is 742 g/mol. The molecule has 0 aliphatic carbocycles. The van der Waals surface area contributed by atoms with Crippen LogP contribution >= 0.6 is 33.9 Å². The first-order chi connectivity index (χ1) is 23.7. The van der Waals surface area contributed by atoms with Crippen molar-refractivity contribution >= 4 is 120 Å². The largest absolute Gasteiger partial charge is 0.455 e. The standard InChI is InChI=1S/C43H23IN2OS/c44-38-37(33-16-9-15-29-30-21-20-24-10-1-2-11-25(24)40(30)47-41(29)33)32-14-3-6-17-34(32)45-43(38)46-35-18-7-4-12-26(35)28-22-23-31-27-13-5-8-19-36(27)48-42(31)39(28)46/h1-23H. The van der Waals surface area contributed by atoms with E-state index in [2.05, 4.69) is 167 Å². The summed E-state index contributed by atoms with van der Waals surface area (Å²) >= 11 is 4.41. The number of hydrogen-bond acceptors (Lipinski definition) is 3. The molecule has 0 unspecified atom stereocenters. The summed E-state index contributed by atoms with van der Waals surface area (Å²) in [6.07, 6.45) is 0. The minimum absolute atomic E-state index is 0.901. The van der Waals surface area contributed by atoms with E-state index in [1.165, 1.54) is 41.8 Å². The Bertz CT molecular complexity index is 3150. The molecule has 4 heterocycles. The number of aromatic nitrogens is 2. The SMILES string of the molecule is Ic1c(-n2c3ccccc3c3ccc4c5ccccc5sc4c32)nc2ccccc2c1-c1cccc2c1oc1c3ccccc3ccc21. The molecule has 3 nitrogen and oxygen atoms in total. The van der Waals surface area contributed by atoms with E-state index in [1.807, 2.05) is 11.3 Å². The fourth-order valence-electron chi connectivity index (χ4n) is 7.76. The summed E-state index contributed by atoms with van der Waals surface area (Å²) in [5.74, 6) is 0.930. The smallest absolute Gasteiger partial charge is 0.152 e. The number of halogens is 1. The van der Waals surface area contributed by atoms with E-state index in [0.29, 0.717) is 0 Å². The highest BCUT2D eigenvalue weighted by Crippen LogP contribution is 2.46. The third-order valence-electron chi connectivity index (χ3n) is 9.87. The van der Waals surface area contributed by atoms with Crippen LogP contribution in [0.1, 0.15) is 0 Å². The highest BCUT2D eigenvalue weighted by molar-refractivity contribution is 14.1. The van der Waals surface area contributed by atoms with Crippen molar-refractivity contribution in [3.63, 3.8) is 0 Å². The van der Waals surface area contributed by atoms with Crippen molar-refractivity contribution in [2.24, 2.45) is 0 Å². The number of nitrogens with zero attached hydrogens (tertiary/aromatic N) is 2. The molecule has 5 heteroatoms. The molecule has 0 amide bonds. The van der Waals surface area contributed by atoms with Crippen LogP contribution in [0, 0.1) is 3.57 Å². The highest BCUT2D eigenvalue weighted by Gasteiger charge is 2.24. The fraction of sp³-hybridized carbons (Fsp3) is 0. The predicted octanol–water partition coefficient (Wildman–Crippen LogP) is 13.0. The molecule has 0 saturated carbocycles. The van der Waals surface area contributed by atoms with Crippen LogP contribution in [0.25, 0.3) is 103 Å². The lowest BCUT2D eigenvalue weighted by molar-refractivity contribution is 0.674. The van der Waals surface area contributed by atoms with Crippen molar-refractivity contribution in [2.75, 3.05) is 0 Å². The molecular weight excluding hydrogens is 719 g/mol. The van der Waals surface area contributed by atoms with Gasteiger partial charge in [0.1, 0.15) is 11.2 Å². The van der Waals surface area contributed by atoms with Crippen molar-refractivity contribution in [1.82, 2.24) is 9.55 Å². The molecule has 11 rings (SSSR count). The van der Waals surface area contributed by atoms with Gasteiger partial charge in [0.05, 0.1) is 24.8 Å². The van der Waals surface area contributed by atoms with Crippen molar-refractivity contribution in [3.8, 4) is 16.9 Å². The van der Waals surface area contributed by atoms with Gasteiger partial charge in [0, 0.05) is 58.9 Å². The second-order valence-electron chi connectivity index (χ2n) is 12.4. The Morgan fingerprint density at radius 1 is 0.542 bits per heavy atom. The van der Waals surface area contributed by atoms with Gasteiger partial charge >= 0.3 is 0 Å². The Hall–Kier alpha value is -5.24. The van der Waals surface area contributed by atoms with Crippen LogP contribution in [-0.4, -0.2) is 9.55 Å². The number of para-hydroxylation sites is 3. The second kappa shape index (κ2) is 9.89. The summed E-state index contributed by atoms with van der Waals surface area (Å²) in [6, 6.07) is 50.0. The second-order valence-corrected chi connectivity index (χ2v) is 14.5. The van der Waals surface area contributed by atoms with Gasteiger partial charge in [-0.1, -0.05) is 115 Å². The lowest BCUT2D eigenvalue weighted by Gasteiger charge is -2.16. The zero-order valence-electron chi connectivity index (χ0n) is 25.4. The van der Waals surface area contributed by atoms with Crippen LogP contribution in [-0.2, 0) is 0 Å². The first kappa shape index (κ1) is 26.8. The Morgan fingerprint density at radius 2 is 1.23 bits per heavy atom. The molecular formula is C43H23IN2OS. The average Bonchev–Trinajstić information content (AvgIpc) is 3.81. The summed E-state index contributed by atoms with van der Waals surface area (Å²) < 4.78 is 13.0. The fourth-order valence-corrected chi connectivity index (χ4v) is 9.94. The average molecular weight is 743 g/mol. The number of fused-ring (bicyclic) bond motifs is 13. The number of benzene rings is 7. The van der Waals surface area contributed by atoms with Crippen LogP contribution in [0.4, 0.5) is 0 Å². The van der Waals surface area contributed by atoms with E-state index >= 15 is 0 Å². The lowest BCUT2D eigenvalue weighted by Crippen LogP contribution is -2.03. The molecule has 0 saturated heterocycles. The summed E-state index contributed by atoms with van der Waals surface area (Å²) in [7, 11) is 0. The molecule has 0 N–H and O–H groups in total. The maximum absolute atomic E-state index is 6.89. The summed E-state index contributed by atoms with van der Waals surface area (Å²) in [5, 5.41) is 10.7. The number of furan rings is 1. The topological polar surface area (TPSA) is 31.0 Å². The van der Waals surface area contributed by atoms with Gasteiger partial charge in [-0.2, -0.15) is 0 Å². The molecule has 0 spiro atoms. The molecule has 0 aliphatic rings. The van der Waals surface area contributed by atoms with E-state index in [1.54, 1.807) is 0 Å². The first-order valence-corrected chi connectivity index (χ1v) is 17.9. The van der Waals surface area contributed by atoms with Crippen molar-refractivity contribution < 1.29 is 4.42 Å². The number of thiophene rings is 1. The Balaban J connectivity index is 1.30. The van der Waals surface area contributed by atoms with E-state index < -0.39 is 0 Å². The molecule has 48 heavy (non-hydrogen) atoms. The van der Waals surface area contributed by atoms with Crippen molar-refractivity contribution in [1.29, 1.82) is 0 Å². The molecule has 7 aromatic carbocycles. The number of pyridine rings is 1. The molecule has 0 atom stereocenters. The highest BCUT2D eigenvalue weighted by atomic mass is 127. The van der Waals surface area contributed by atoms with Gasteiger partial charge in [0.15, 0.2) is 5.82 Å². The molecule has 0 fully saturated rings. The first-order valence-electron chi connectivity index (χ1n) is 16.0. The zero-order chi connectivity index (χ0) is 31.5. The van der Waals surface area contributed by atoms with E-state index in [4.69, 9.17) is 9.40 Å². The van der Waals surface area contributed by atoms with Gasteiger partial charge in [-0.25, -0.2) is 4.98 Å². The van der Waals surface area contributed by atoms with Crippen LogP contribution in [0.3, 0.4) is 0 Å². The van der Waals surface area contributed by atoms with Crippen LogP contribution in [0.15, 0.2) is 144 Å². The van der Waals surface area contributed by atoms with E-state index in [-0.39, 0.29) is 0 Å². The van der Waals surface area contributed by atoms with Gasteiger partial charge in [-0.3, -0.25) is 4.57 Å². The number of hydrogen-bond donors (Lipinski definition) is 0. The minimum atomic E-state index is 0.901. The Kier molecular flexibility index (Phi) is 5.52. The summed E-state index contributed by atoms with van der Waals surface area (Å²) in [6.45, 7) is 0. The molecule has 224 valence electrons. The van der Waals surface area contributed by atoms with Gasteiger partial charge in [-0.05, 0) is 52.2 Å². The summed E-state index contributed by atoms with van der Waals surface area (Å²) in [4.78, 5) is 5.46. The predicted molar refractivity (Wildman–Crippen MR) is 212 cm³/mol. The maximum Gasteiger partial charge on any atom is 0.152 e. The third-order valence-corrected chi connectivity index (χ3v) is 12.1.